The quantitative estimate of drug-likeness (QED) is 0.816. The number of ketones is 1. The Morgan fingerprint density at radius 1 is 1.50 bits per heavy atom. The van der Waals surface area contributed by atoms with Crippen molar-refractivity contribution in [1.82, 2.24) is 9.55 Å². The molecule has 0 aliphatic heterocycles. The van der Waals surface area contributed by atoms with E-state index in [1.165, 1.54) is 6.92 Å². The first-order valence-electron chi connectivity index (χ1n) is 5.47. The van der Waals surface area contributed by atoms with Crippen molar-refractivity contribution in [2.45, 2.75) is 13.5 Å². The third-order valence-electron chi connectivity index (χ3n) is 2.60. The molecule has 0 radical (unpaired) electrons. The van der Waals surface area contributed by atoms with E-state index in [0.29, 0.717) is 17.9 Å². The van der Waals surface area contributed by atoms with E-state index in [2.05, 4.69) is 20.9 Å². The molecule has 0 aliphatic rings. The molecular formula is C13H13BrN2O2. The van der Waals surface area contributed by atoms with Gasteiger partial charge in [0.15, 0.2) is 5.78 Å². The Morgan fingerprint density at radius 3 is 2.89 bits per heavy atom. The largest absolute Gasteiger partial charge is 0.485 e. The topological polar surface area (TPSA) is 44.1 Å². The molecule has 0 N–H and O–H groups in total. The zero-order chi connectivity index (χ0) is 13.1. The van der Waals surface area contributed by atoms with Gasteiger partial charge >= 0.3 is 0 Å². The standard InChI is InChI=1S/C13H13BrN2O2/c1-9(17)11-7-10(14)3-4-12(11)18-8-13-15-5-6-16(13)2/h3-7H,8H2,1-2H3. The molecule has 5 heteroatoms. The molecule has 0 aliphatic carbocycles. The summed E-state index contributed by atoms with van der Waals surface area (Å²) in [6, 6.07) is 5.39. The highest BCUT2D eigenvalue weighted by Gasteiger charge is 2.10. The van der Waals surface area contributed by atoms with Crippen LogP contribution in [-0.2, 0) is 13.7 Å². The smallest absolute Gasteiger partial charge is 0.163 e. The summed E-state index contributed by atoms with van der Waals surface area (Å²) in [6.07, 6.45) is 3.57. The fraction of sp³-hybridized carbons (Fsp3) is 0.231. The number of hydrogen-bond acceptors (Lipinski definition) is 3. The lowest BCUT2D eigenvalue weighted by atomic mass is 10.1. The molecule has 1 aromatic carbocycles. The predicted molar refractivity (Wildman–Crippen MR) is 71.7 cm³/mol. The monoisotopic (exact) mass is 308 g/mol. The molecule has 2 aromatic rings. The SMILES string of the molecule is CC(=O)c1cc(Br)ccc1OCc1nccn1C. The average Bonchev–Trinajstić information content (AvgIpc) is 2.73. The van der Waals surface area contributed by atoms with Crippen LogP contribution >= 0.6 is 15.9 Å². The van der Waals surface area contributed by atoms with Gasteiger partial charge in [-0.1, -0.05) is 15.9 Å². The van der Waals surface area contributed by atoms with E-state index < -0.39 is 0 Å². The number of aromatic nitrogens is 2. The van der Waals surface area contributed by atoms with Crippen molar-refractivity contribution in [2.75, 3.05) is 0 Å². The summed E-state index contributed by atoms with van der Waals surface area (Å²) in [5.74, 6) is 1.37. The van der Waals surface area contributed by atoms with Crippen molar-refractivity contribution in [3.8, 4) is 5.75 Å². The number of Topliss-reactive ketones (excluding diaryl/α,β-unsaturated/α-hetero) is 1. The minimum absolute atomic E-state index is 0.0221. The van der Waals surface area contributed by atoms with E-state index >= 15 is 0 Å². The normalized spacial score (nSPS) is 10.4. The fourth-order valence-electron chi connectivity index (χ4n) is 1.58. The summed E-state index contributed by atoms with van der Waals surface area (Å²) in [4.78, 5) is 15.7. The van der Waals surface area contributed by atoms with Crippen molar-refractivity contribution >= 4 is 21.7 Å². The Labute approximate surface area is 114 Å². The summed E-state index contributed by atoms with van der Waals surface area (Å²) >= 11 is 3.34. The molecule has 0 saturated heterocycles. The number of carbonyl (C=O) groups is 1. The maximum Gasteiger partial charge on any atom is 0.163 e. The van der Waals surface area contributed by atoms with Crippen LogP contribution in [0.2, 0.25) is 0 Å². The molecule has 0 spiro atoms. The van der Waals surface area contributed by atoms with Crippen LogP contribution in [0.4, 0.5) is 0 Å². The van der Waals surface area contributed by atoms with Gasteiger partial charge in [-0.05, 0) is 25.1 Å². The Kier molecular flexibility index (Phi) is 3.81. The lowest BCUT2D eigenvalue weighted by Gasteiger charge is -2.10. The third-order valence-corrected chi connectivity index (χ3v) is 3.09. The van der Waals surface area contributed by atoms with E-state index in [4.69, 9.17) is 4.74 Å². The van der Waals surface area contributed by atoms with Gasteiger partial charge in [0.2, 0.25) is 0 Å². The van der Waals surface area contributed by atoms with Gasteiger partial charge in [-0.2, -0.15) is 0 Å². The Morgan fingerprint density at radius 2 is 2.28 bits per heavy atom. The first kappa shape index (κ1) is 12.8. The fourth-order valence-corrected chi connectivity index (χ4v) is 1.94. The van der Waals surface area contributed by atoms with Crippen molar-refractivity contribution in [3.63, 3.8) is 0 Å². The summed E-state index contributed by atoms with van der Waals surface area (Å²) in [5, 5.41) is 0. The minimum atomic E-state index is -0.0221. The predicted octanol–water partition coefficient (Wildman–Crippen LogP) is 2.96. The number of hydrogen-bond donors (Lipinski definition) is 0. The summed E-state index contributed by atoms with van der Waals surface area (Å²) in [6.45, 7) is 1.86. The summed E-state index contributed by atoms with van der Waals surface area (Å²) < 4.78 is 8.39. The van der Waals surface area contributed by atoms with Gasteiger partial charge in [0.05, 0.1) is 5.56 Å². The zero-order valence-electron chi connectivity index (χ0n) is 10.2. The molecule has 4 nitrogen and oxygen atoms in total. The highest BCUT2D eigenvalue weighted by molar-refractivity contribution is 9.10. The second kappa shape index (κ2) is 5.35. The molecule has 0 atom stereocenters. The molecule has 0 bridgehead atoms. The van der Waals surface area contributed by atoms with Gasteiger partial charge in [-0.3, -0.25) is 4.79 Å². The second-order valence-corrected chi connectivity index (χ2v) is 4.86. The Bertz CT molecular complexity index is 578. The van der Waals surface area contributed by atoms with Crippen LogP contribution in [-0.4, -0.2) is 15.3 Å². The van der Waals surface area contributed by atoms with Crippen molar-refractivity contribution in [1.29, 1.82) is 0 Å². The number of carbonyl (C=O) groups excluding carboxylic acids is 1. The van der Waals surface area contributed by atoms with Gasteiger partial charge in [-0.15, -0.1) is 0 Å². The van der Waals surface area contributed by atoms with E-state index in [0.717, 1.165) is 10.3 Å². The number of rotatable bonds is 4. The molecule has 2 rings (SSSR count). The van der Waals surface area contributed by atoms with Crippen LogP contribution in [0.15, 0.2) is 35.1 Å². The van der Waals surface area contributed by atoms with Crippen LogP contribution < -0.4 is 4.74 Å². The van der Waals surface area contributed by atoms with Gasteiger partial charge in [0.25, 0.3) is 0 Å². The first-order chi connectivity index (χ1) is 8.58. The molecule has 1 aromatic heterocycles. The number of nitrogens with zero attached hydrogens (tertiary/aromatic N) is 2. The maximum atomic E-state index is 11.5. The number of imidazole rings is 1. The van der Waals surface area contributed by atoms with Crippen molar-refractivity contribution in [3.05, 3.63) is 46.5 Å². The van der Waals surface area contributed by atoms with Crippen LogP contribution in [0.5, 0.6) is 5.75 Å². The van der Waals surface area contributed by atoms with Gasteiger partial charge in [0, 0.05) is 23.9 Å². The van der Waals surface area contributed by atoms with E-state index in [9.17, 15) is 4.79 Å². The highest BCUT2D eigenvalue weighted by atomic mass is 79.9. The summed E-state index contributed by atoms with van der Waals surface area (Å²) in [5.41, 5.74) is 0.568. The van der Waals surface area contributed by atoms with Crippen LogP contribution in [0.3, 0.4) is 0 Å². The molecule has 18 heavy (non-hydrogen) atoms. The van der Waals surface area contributed by atoms with Crippen molar-refractivity contribution < 1.29 is 9.53 Å². The van der Waals surface area contributed by atoms with E-state index in [1.807, 2.05) is 23.9 Å². The van der Waals surface area contributed by atoms with Gasteiger partial charge in [0.1, 0.15) is 18.2 Å². The number of ether oxygens (including phenoxy) is 1. The first-order valence-corrected chi connectivity index (χ1v) is 6.26. The number of halogens is 1. The lowest BCUT2D eigenvalue weighted by molar-refractivity contribution is 0.101. The van der Waals surface area contributed by atoms with E-state index in [1.54, 1.807) is 18.3 Å². The van der Waals surface area contributed by atoms with E-state index in [-0.39, 0.29) is 5.78 Å². The number of aryl methyl sites for hydroxylation is 1. The average molecular weight is 309 g/mol. The molecule has 0 unspecified atom stereocenters. The summed E-state index contributed by atoms with van der Waals surface area (Å²) in [7, 11) is 1.90. The molecule has 0 saturated carbocycles. The highest BCUT2D eigenvalue weighted by Crippen LogP contribution is 2.24. The lowest BCUT2D eigenvalue weighted by Crippen LogP contribution is -2.05. The third kappa shape index (κ3) is 2.79. The number of benzene rings is 1. The molecule has 0 fully saturated rings. The van der Waals surface area contributed by atoms with Crippen LogP contribution in [0, 0.1) is 0 Å². The van der Waals surface area contributed by atoms with Crippen molar-refractivity contribution in [2.24, 2.45) is 7.05 Å². The maximum absolute atomic E-state index is 11.5. The molecule has 94 valence electrons. The second-order valence-electron chi connectivity index (χ2n) is 3.94. The van der Waals surface area contributed by atoms with Gasteiger partial charge in [-0.25, -0.2) is 4.98 Å². The molecular weight excluding hydrogens is 296 g/mol. The van der Waals surface area contributed by atoms with Crippen LogP contribution in [0.25, 0.3) is 0 Å². The van der Waals surface area contributed by atoms with Gasteiger partial charge < -0.3 is 9.30 Å². The molecule has 1 heterocycles. The Balaban J connectivity index is 2.19. The molecule has 0 amide bonds. The van der Waals surface area contributed by atoms with Crippen LogP contribution in [0.1, 0.15) is 23.1 Å². The Hall–Kier alpha value is -1.62. The minimum Gasteiger partial charge on any atom is -0.485 e. The zero-order valence-corrected chi connectivity index (χ0v) is 11.8.